The van der Waals surface area contributed by atoms with Crippen LogP contribution in [0.25, 0.3) is 21.3 Å². The van der Waals surface area contributed by atoms with E-state index in [1.807, 2.05) is 0 Å². The zero-order chi connectivity index (χ0) is 23.4. The molecule has 1 unspecified atom stereocenters. The first-order valence-electron chi connectivity index (χ1n) is 12.1. The Morgan fingerprint density at radius 1 is 1.06 bits per heavy atom. The number of thiazole rings is 1. The fourth-order valence-corrected chi connectivity index (χ4v) is 6.41. The summed E-state index contributed by atoms with van der Waals surface area (Å²) in [4.78, 5) is 16.9. The van der Waals surface area contributed by atoms with Crippen LogP contribution in [0, 0.1) is 0 Å². The summed E-state index contributed by atoms with van der Waals surface area (Å²) in [5.74, 6) is 0.965. The van der Waals surface area contributed by atoms with Gasteiger partial charge in [0.1, 0.15) is 11.5 Å². The highest BCUT2D eigenvalue weighted by Gasteiger charge is 2.26. The first kappa shape index (κ1) is 21.8. The number of benzene rings is 1. The SMILES string of the molecule is CN(c1ccc2nc(N3CCOCC3)sc2c1)c1ccc2c3c(n(C)c2n1)CCC(N(C)C)C3. The monoisotopic (exact) mass is 476 g/mol. The fraction of sp³-hybridized carbons (Fsp3) is 0.462. The van der Waals surface area contributed by atoms with Gasteiger partial charge < -0.3 is 24.0 Å². The molecule has 178 valence electrons. The topological polar surface area (TPSA) is 49.7 Å². The van der Waals surface area contributed by atoms with Crippen LogP contribution in [0.4, 0.5) is 16.6 Å². The lowest BCUT2D eigenvalue weighted by molar-refractivity contribution is 0.122. The Bertz CT molecular complexity index is 1350. The smallest absolute Gasteiger partial charge is 0.186 e. The highest BCUT2D eigenvalue weighted by molar-refractivity contribution is 7.22. The first-order valence-corrected chi connectivity index (χ1v) is 12.9. The van der Waals surface area contributed by atoms with E-state index >= 15 is 0 Å². The molecule has 7 nitrogen and oxygen atoms in total. The second kappa shape index (κ2) is 8.52. The van der Waals surface area contributed by atoms with E-state index in [4.69, 9.17) is 14.7 Å². The van der Waals surface area contributed by atoms with Crippen LogP contribution < -0.4 is 9.80 Å². The molecule has 2 aliphatic rings. The largest absolute Gasteiger partial charge is 0.378 e. The van der Waals surface area contributed by atoms with Crippen LogP contribution >= 0.6 is 11.3 Å². The maximum atomic E-state index is 5.49. The van der Waals surface area contributed by atoms with E-state index in [-0.39, 0.29) is 0 Å². The molecule has 1 aromatic carbocycles. The third-order valence-corrected chi connectivity index (χ3v) is 8.59. The van der Waals surface area contributed by atoms with Gasteiger partial charge in [0.15, 0.2) is 5.13 Å². The van der Waals surface area contributed by atoms with Gasteiger partial charge in [0, 0.05) is 50.0 Å². The molecular weight excluding hydrogens is 444 g/mol. The molecule has 0 saturated carbocycles. The van der Waals surface area contributed by atoms with E-state index in [1.54, 1.807) is 11.3 Å². The van der Waals surface area contributed by atoms with Crippen molar-refractivity contribution in [3.8, 4) is 0 Å². The number of fused-ring (bicyclic) bond motifs is 4. The van der Waals surface area contributed by atoms with Crippen LogP contribution in [-0.4, -0.2) is 72.9 Å². The molecule has 1 aliphatic carbocycles. The Hall–Kier alpha value is -2.68. The van der Waals surface area contributed by atoms with Gasteiger partial charge in [0.25, 0.3) is 0 Å². The van der Waals surface area contributed by atoms with Crippen LogP contribution in [-0.2, 0) is 24.6 Å². The standard InChI is InChI=1S/C26H32N6OS/c1-29(2)17-6-9-22-20(15-17)19-7-10-24(28-25(19)31(22)4)30(3)18-5-8-21-23(16-18)34-26(27-21)32-11-13-33-14-12-32/h5,7-8,10,16-17H,6,9,11-15H2,1-4H3. The number of morpholine rings is 1. The molecule has 0 amide bonds. The van der Waals surface area contributed by atoms with Crippen molar-refractivity contribution >= 4 is 49.2 Å². The fourth-order valence-electron chi connectivity index (χ4n) is 5.36. The highest BCUT2D eigenvalue weighted by Crippen LogP contribution is 2.36. The molecule has 8 heteroatoms. The van der Waals surface area contributed by atoms with E-state index < -0.39 is 0 Å². The minimum absolute atomic E-state index is 0.605. The molecule has 6 rings (SSSR count). The molecule has 1 fully saturated rings. The van der Waals surface area contributed by atoms with Gasteiger partial charge in [-0.2, -0.15) is 0 Å². The van der Waals surface area contributed by atoms with Crippen molar-refractivity contribution in [2.45, 2.75) is 25.3 Å². The van der Waals surface area contributed by atoms with Gasteiger partial charge in [-0.15, -0.1) is 0 Å². The molecule has 0 N–H and O–H groups in total. The average Bonchev–Trinajstić information content (AvgIpc) is 3.42. The Morgan fingerprint density at radius 2 is 1.88 bits per heavy atom. The van der Waals surface area contributed by atoms with Crippen molar-refractivity contribution in [3.05, 3.63) is 41.6 Å². The maximum Gasteiger partial charge on any atom is 0.186 e. The quantitative estimate of drug-likeness (QED) is 0.440. The maximum absolute atomic E-state index is 5.49. The van der Waals surface area contributed by atoms with Crippen molar-refractivity contribution in [1.82, 2.24) is 19.4 Å². The zero-order valence-electron chi connectivity index (χ0n) is 20.4. The second-order valence-electron chi connectivity index (χ2n) is 9.69. The van der Waals surface area contributed by atoms with Gasteiger partial charge in [-0.1, -0.05) is 11.3 Å². The van der Waals surface area contributed by atoms with Crippen molar-refractivity contribution < 1.29 is 4.74 Å². The summed E-state index contributed by atoms with van der Waals surface area (Å²) in [6.07, 6.45) is 3.42. The number of hydrogen-bond acceptors (Lipinski definition) is 7. The van der Waals surface area contributed by atoms with E-state index in [9.17, 15) is 0 Å². The summed E-state index contributed by atoms with van der Waals surface area (Å²) >= 11 is 1.76. The normalized spacial score (nSPS) is 18.7. The van der Waals surface area contributed by atoms with Crippen molar-refractivity contribution in [2.75, 3.05) is 57.2 Å². The summed E-state index contributed by atoms with van der Waals surface area (Å²) in [5.41, 5.74) is 6.19. The molecule has 0 radical (unpaired) electrons. The van der Waals surface area contributed by atoms with Crippen LogP contribution in [0.1, 0.15) is 17.7 Å². The zero-order valence-corrected chi connectivity index (χ0v) is 21.2. The molecule has 4 aromatic rings. The molecule has 4 heterocycles. The summed E-state index contributed by atoms with van der Waals surface area (Å²) in [6, 6.07) is 11.6. The van der Waals surface area contributed by atoms with Gasteiger partial charge in [0.2, 0.25) is 0 Å². The van der Waals surface area contributed by atoms with E-state index in [0.29, 0.717) is 6.04 Å². The molecule has 1 atom stereocenters. The van der Waals surface area contributed by atoms with E-state index in [1.165, 1.54) is 27.8 Å². The number of aryl methyl sites for hydroxylation is 1. The number of pyridine rings is 1. The highest BCUT2D eigenvalue weighted by atomic mass is 32.1. The van der Waals surface area contributed by atoms with Gasteiger partial charge in [-0.25, -0.2) is 9.97 Å². The van der Waals surface area contributed by atoms with Crippen LogP contribution in [0.15, 0.2) is 30.3 Å². The van der Waals surface area contributed by atoms with Gasteiger partial charge in [-0.05, 0) is 69.3 Å². The average molecular weight is 477 g/mol. The molecule has 0 spiro atoms. The number of anilines is 3. The Labute approximate surface area is 204 Å². The number of nitrogens with zero attached hydrogens (tertiary/aromatic N) is 6. The minimum atomic E-state index is 0.605. The van der Waals surface area contributed by atoms with E-state index in [0.717, 1.165) is 66.9 Å². The predicted molar refractivity (Wildman–Crippen MR) is 141 cm³/mol. The number of hydrogen-bond donors (Lipinski definition) is 0. The number of ether oxygens (including phenoxy) is 1. The van der Waals surface area contributed by atoms with Crippen molar-refractivity contribution in [2.24, 2.45) is 7.05 Å². The Kier molecular flexibility index (Phi) is 5.47. The predicted octanol–water partition coefficient (Wildman–Crippen LogP) is 4.21. The summed E-state index contributed by atoms with van der Waals surface area (Å²) < 4.78 is 9.01. The van der Waals surface area contributed by atoms with Crippen molar-refractivity contribution in [1.29, 1.82) is 0 Å². The number of aromatic nitrogens is 3. The lowest BCUT2D eigenvalue weighted by atomic mass is 9.91. The minimum Gasteiger partial charge on any atom is -0.378 e. The molecule has 34 heavy (non-hydrogen) atoms. The first-order chi connectivity index (χ1) is 16.5. The lowest BCUT2D eigenvalue weighted by Gasteiger charge is -2.28. The molecule has 1 saturated heterocycles. The second-order valence-corrected chi connectivity index (χ2v) is 10.7. The van der Waals surface area contributed by atoms with Crippen LogP contribution in [0.2, 0.25) is 0 Å². The third kappa shape index (κ3) is 3.65. The third-order valence-electron chi connectivity index (χ3n) is 7.51. The lowest BCUT2D eigenvalue weighted by Crippen LogP contribution is -2.36. The van der Waals surface area contributed by atoms with Gasteiger partial charge >= 0.3 is 0 Å². The van der Waals surface area contributed by atoms with Crippen molar-refractivity contribution in [3.63, 3.8) is 0 Å². The van der Waals surface area contributed by atoms with Gasteiger partial charge in [0.05, 0.1) is 23.4 Å². The summed E-state index contributed by atoms with van der Waals surface area (Å²) in [5, 5.41) is 2.39. The Morgan fingerprint density at radius 3 is 2.68 bits per heavy atom. The van der Waals surface area contributed by atoms with Gasteiger partial charge in [-0.3, -0.25) is 0 Å². The molecule has 0 bridgehead atoms. The van der Waals surface area contributed by atoms with Crippen LogP contribution in [0.5, 0.6) is 0 Å². The summed E-state index contributed by atoms with van der Waals surface area (Å²) in [7, 11) is 8.65. The Balaban J connectivity index is 1.32. The molecule has 3 aromatic heterocycles. The van der Waals surface area contributed by atoms with E-state index in [2.05, 4.69) is 77.8 Å². The number of likely N-dealkylation sites (N-methyl/N-ethyl adjacent to an activating group) is 1. The number of rotatable bonds is 4. The molecular formula is C26H32N6OS. The summed E-state index contributed by atoms with van der Waals surface area (Å²) in [6.45, 7) is 3.37. The van der Waals surface area contributed by atoms with Crippen LogP contribution in [0.3, 0.4) is 0 Å². The molecule has 1 aliphatic heterocycles.